The molecule has 1 unspecified atom stereocenters. The van der Waals surface area contributed by atoms with Crippen LogP contribution in [0.1, 0.15) is 43.0 Å². The fourth-order valence-electron chi connectivity index (χ4n) is 4.36. The highest BCUT2D eigenvalue weighted by Gasteiger charge is 2.27. The summed E-state index contributed by atoms with van der Waals surface area (Å²) >= 11 is 5.95. The second kappa shape index (κ2) is 8.66. The van der Waals surface area contributed by atoms with Crippen LogP contribution in [0.25, 0.3) is 5.69 Å². The molecule has 0 aliphatic carbocycles. The number of amides is 1. The van der Waals surface area contributed by atoms with Gasteiger partial charge in [-0.15, -0.1) is 0 Å². The summed E-state index contributed by atoms with van der Waals surface area (Å²) in [6.07, 6.45) is 8.41. The normalized spacial score (nSPS) is 21.8. The number of rotatable bonds is 4. The minimum absolute atomic E-state index is 0.0946. The third-order valence-electron chi connectivity index (χ3n) is 6.12. The van der Waals surface area contributed by atoms with Crippen LogP contribution >= 0.6 is 11.6 Å². The molecule has 1 amide bonds. The molecule has 2 fully saturated rings. The molecule has 1 aromatic heterocycles. The molecule has 2 aromatic rings. The number of carbonyl (C=O) groups is 1. The van der Waals surface area contributed by atoms with Crippen LogP contribution in [0.15, 0.2) is 36.7 Å². The first kappa shape index (κ1) is 19.5. The lowest BCUT2D eigenvalue weighted by Crippen LogP contribution is -2.45. The van der Waals surface area contributed by atoms with Crippen molar-refractivity contribution in [3.8, 4) is 5.69 Å². The van der Waals surface area contributed by atoms with Gasteiger partial charge in [-0.3, -0.25) is 4.79 Å². The molecule has 2 aliphatic rings. The molecule has 28 heavy (non-hydrogen) atoms. The summed E-state index contributed by atoms with van der Waals surface area (Å²) in [7, 11) is 0. The molecule has 2 aliphatic heterocycles. The highest BCUT2D eigenvalue weighted by atomic mass is 35.5. The molecule has 150 valence electrons. The van der Waals surface area contributed by atoms with Crippen molar-refractivity contribution in [2.24, 2.45) is 11.8 Å². The average molecular weight is 401 g/mol. The molecule has 1 atom stereocenters. The van der Waals surface area contributed by atoms with E-state index in [0.29, 0.717) is 16.5 Å². The van der Waals surface area contributed by atoms with Gasteiger partial charge >= 0.3 is 0 Å². The monoisotopic (exact) mass is 400 g/mol. The minimum atomic E-state index is 0.0946. The Hall–Kier alpha value is -1.85. The van der Waals surface area contributed by atoms with Gasteiger partial charge in [0.25, 0.3) is 5.91 Å². The van der Waals surface area contributed by atoms with Gasteiger partial charge < -0.3 is 9.80 Å². The Labute approximate surface area is 172 Å². The second-order valence-corrected chi connectivity index (χ2v) is 8.83. The van der Waals surface area contributed by atoms with E-state index in [1.54, 1.807) is 10.9 Å². The Kier molecular flexibility index (Phi) is 6.02. The number of piperidine rings is 2. The first-order valence-electron chi connectivity index (χ1n) is 10.4. The summed E-state index contributed by atoms with van der Waals surface area (Å²) in [6.45, 7) is 7.59. The van der Waals surface area contributed by atoms with Crippen LogP contribution in [0, 0.1) is 11.8 Å². The van der Waals surface area contributed by atoms with Crippen LogP contribution in [0.2, 0.25) is 5.02 Å². The third kappa shape index (κ3) is 4.58. The summed E-state index contributed by atoms with van der Waals surface area (Å²) in [5, 5.41) is 5.06. The van der Waals surface area contributed by atoms with Gasteiger partial charge in [-0.2, -0.15) is 5.10 Å². The van der Waals surface area contributed by atoms with Crippen LogP contribution < -0.4 is 0 Å². The molecule has 0 spiro atoms. The van der Waals surface area contributed by atoms with E-state index in [1.807, 2.05) is 35.4 Å². The molecule has 3 heterocycles. The van der Waals surface area contributed by atoms with Gasteiger partial charge in [-0.05, 0) is 74.9 Å². The lowest BCUT2D eigenvalue weighted by molar-refractivity contribution is 0.0622. The minimum Gasteiger partial charge on any atom is -0.338 e. The number of likely N-dealkylation sites (tertiary alicyclic amines) is 2. The number of aromatic nitrogens is 2. The maximum Gasteiger partial charge on any atom is 0.257 e. The van der Waals surface area contributed by atoms with Crippen molar-refractivity contribution in [3.05, 3.63) is 47.2 Å². The number of halogens is 1. The Morgan fingerprint density at radius 3 is 2.64 bits per heavy atom. The van der Waals surface area contributed by atoms with Crippen LogP contribution in [0.4, 0.5) is 0 Å². The van der Waals surface area contributed by atoms with Gasteiger partial charge in [0.05, 0.1) is 17.4 Å². The van der Waals surface area contributed by atoms with Crippen LogP contribution in [0.5, 0.6) is 0 Å². The van der Waals surface area contributed by atoms with Crippen LogP contribution in [0.3, 0.4) is 0 Å². The van der Waals surface area contributed by atoms with Gasteiger partial charge in [0.2, 0.25) is 0 Å². The number of nitrogens with zero attached hydrogens (tertiary/aromatic N) is 4. The Bertz CT molecular complexity index is 795. The first-order chi connectivity index (χ1) is 13.6. The fourth-order valence-corrected chi connectivity index (χ4v) is 4.49. The number of benzene rings is 1. The fraction of sp³-hybridized carbons (Fsp3) is 0.545. The van der Waals surface area contributed by atoms with Gasteiger partial charge in [-0.25, -0.2) is 4.68 Å². The molecule has 4 rings (SSSR count). The van der Waals surface area contributed by atoms with E-state index in [-0.39, 0.29) is 5.91 Å². The van der Waals surface area contributed by atoms with Crippen LogP contribution in [-0.4, -0.2) is 58.2 Å². The van der Waals surface area contributed by atoms with E-state index < -0.39 is 0 Å². The van der Waals surface area contributed by atoms with E-state index >= 15 is 0 Å². The predicted octanol–water partition coefficient (Wildman–Crippen LogP) is 4.11. The molecule has 2 saturated heterocycles. The smallest absolute Gasteiger partial charge is 0.257 e. The van der Waals surface area contributed by atoms with E-state index in [1.165, 1.54) is 32.4 Å². The first-order valence-corrected chi connectivity index (χ1v) is 10.8. The molecule has 0 saturated carbocycles. The van der Waals surface area contributed by atoms with Crippen molar-refractivity contribution in [2.75, 3.05) is 32.7 Å². The third-order valence-corrected chi connectivity index (χ3v) is 6.37. The lowest BCUT2D eigenvalue weighted by atomic mass is 9.94. The molecule has 0 bridgehead atoms. The molecular weight excluding hydrogens is 372 g/mol. The Morgan fingerprint density at radius 2 is 1.89 bits per heavy atom. The van der Waals surface area contributed by atoms with Gasteiger partial charge in [-0.1, -0.05) is 18.5 Å². The average Bonchev–Trinajstić information content (AvgIpc) is 3.20. The highest BCUT2D eigenvalue weighted by molar-refractivity contribution is 6.30. The maximum absolute atomic E-state index is 13.0. The standard InChI is InChI=1S/C22H29ClN4O/c1-17-8-11-25(12-9-17)14-18-3-2-10-26(15-18)22(28)19-13-24-27(16-19)21-6-4-20(23)5-7-21/h4-7,13,16-18H,2-3,8-12,14-15H2,1H3. The molecule has 5 nitrogen and oxygen atoms in total. The summed E-state index contributed by atoms with van der Waals surface area (Å²) in [6, 6.07) is 7.47. The zero-order chi connectivity index (χ0) is 19.5. The zero-order valence-corrected chi connectivity index (χ0v) is 17.3. The summed E-state index contributed by atoms with van der Waals surface area (Å²) in [5.74, 6) is 1.53. The molecular formula is C22H29ClN4O. The van der Waals surface area contributed by atoms with Gasteiger partial charge in [0, 0.05) is 30.9 Å². The maximum atomic E-state index is 13.0. The van der Waals surface area contributed by atoms with Crippen molar-refractivity contribution in [2.45, 2.75) is 32.6 Å². The van der Waals surface area contributed by atoms with E-state index in [2.05, 4.69) is 16.9 Å². The van der Waals surface area contributed by atoms with Crippen molar-refractivity contribution in [3.63, 3.8) is 0 Å². The Balaban J connectivity index is 1.37. The summed E-state index contributed by atoms with van der Waals surface area (Å²) < 4.78 is 1.74. The quantitative estimate of drug-likeness (QED) is 0.775. The number of hydrogen-bond acceptors (Lipinski definition) is 3. The molecule has 1 aromatic carbocycles. The number of carbonyl (C=O) groups excluding carboxylic acids is 1. The SMILES string of the molecule is CC1CCN(CC2CCCN(C(=O)c3cnn(-c4ccc(Cl)cc4)c3)C2)CC1. The highest BCUT2D eigenvalue weighted by Crippen LogP contribution is 2.23. The molecule has 0 radical (unpaired) electrons. The van der Waals surface area contributed by atoms with Gasteiger partial charge in [0.1, 0.15) is 0 Å². The molecule has 0 N–H and O–H groups in total. The van der Waals surface area contributed by atoms with Crippen LogP contribution in [-0.2, 0) is 0 Å². The topological polar surface area (TPSA) is 41.4 Å². The van der Waals surface area contributed by atoms with E-state index in [9.17, 15) is 4.79 Å². The van der Waals surface area contributed by atoms with Gasteiger partial charge in [0.15, 0.2) is 0 Å². The van der Waals surface area contributed by atoms with Crippen molar-refractivity contribution in [1.29, 1.82) is 0 Å². The van der Waals surface area contributed by atoms with Crippen molar-refractivity contribution in [1.82, 2.24) is 19.6 Å². The summed E-state index contributed by atoms with van der Waals surface area (Å²) in [5.41, 5.74) is 1.56. The van der Waals surface area contributed by atoms with E-state index in [4.69, 9.17) is 11.6 Å². The lowest BCUT2D eigenvalue weighted by Gasteiger charge is -2.37. The predicted molar refractivity (Wildman–Crippen MR) is 112 cm³/mol. The summed E-state index contributed by atoms with van der Waals surface area (Å²) in [4.78, 5) is 17.6. The zero-order valence-electron chi connectivity index (χ0n) is 16.6. The van der Waals surface area contributed by atoms with E-state index in [0.717, 1.165) is 37.7 Å². The molecule has 6 heteroatoms. The second-order valence-electron chi connectivity index (χ2n) is 8.39. The number of hydrogen-bond donors (Lipinski definition) is 0. The largest absolute Gasteiger partial charge is 0.338 e. The van der Waals surface area contributed by atoms with Crippen molar-refractivity contribution < 1.29 is 4.79 Å². The van der Waals surface area contributed by atoms with Crippen molar-refractivity contribution >= 4 is 17.5 Å². The Morgan fingerprint density at radius 1 is 1.14 bits per heavy atom.